The molecule has 3 heterocycles. The van der Waals surface area contributed by atoms with Crippen molar-refractivity contribution < 1.29 is 4.79 Å². The van der Waals surface area contributed by atoms with Crippen LogP contribution in [0.1, 0.15) is 22.4 Å². The Morgan fingerprint density at radius 1 is 1.12 bits per heavy atom. The molecule has 0 saturated carbocycles. The average Bonchev–Trinajstić information content (AvgIpc) is 3.31. The van der Waals surface area contributed by atoms with E-state index in [0.29, 0.717) is 17.9 Å². The van der Waals surface area contributed by atoms with E-state index in [2.05, 4.69) is 16.4 Å². The van der Waals surface area contributed by atoms with Gasteiger partial charge in [-0.15, -0.1) is 0 Å². The Bertz CT molecular complexity index is 1550. The maximum absolute atomic E-state index is 13.0. The van der Waals surface area contributed by atoms with Crippen molar-refractivity contribution in [1.29, 1.82) is 5.26 Å². The summed E-state index contributed by atoms with van der Waals surface area (Å²) in [5.74, 6) is -0.0143. The number of nitrogens with zero attached hydrogens (tertiary/aromatic N) is 6. The highest BCUT2D eigenvalue weighted by Crippen LogP contribution is 2.27. The second kappa shape index (κ2) is 8.27. The van der Waals surface area contributed by atoms with Gasteiger partial charge in [0.2, 0.25) is 5.91 Å². The van der Waals surface area contributed by atoms with Gasteiger partial charge in [-0.05, 0) is 25.0 Å². The number of amides is 1. The third-order valence-electron chi connectivity index (χ3n) is 5.91. The Morgan fingerprint density at radius 2 is 1.82 bits per heavy atom. The van der Waals surface area contributed by atoms with Gasteiger partial charge in [0.15, 0.2) is 11.2 Å². The fraction of sp³-hybridized carbons (Fsp3) is 0.261. The first-order valence-corrected chi connectivity index (χ1v) is 10.3. The fourth-order valence-corrected chi connectivity index (χ4v) is 3.94. The molecule has 0 radical (unpaired) electrons. The van der Waals surface area contributed by atoms with E-state index in [4.69, 9.17) is 0 Å². The molecule has 3 aromatic heterocycles. The van der Waals surface area contributed by atoms with Crippen LogP contribution in [0.25, 0.3) is 11.2 Å². The molecule has 0 saturated heterocycles. The Hall–Kier alpha value is -4.39. The van der Waals surface area contributed by atoms with Crippen LogP contribution < -0.4 is 16.6 Å². The highest BCUT2D eigenvalue weighted by molar-refractivity contribution is 5.92. The maximum atomic E-state index is 13.0. The number of hydrogen-bond acceptors (Lipinski definition) is 5. The number of nitriles is 1. The van der Waals surface area contributed by atoms with Gasteiger partial charge in [0.25, 0.3) is 5.56 Å². The van der Waals surface area contributed by atoms with Crippen molar-refractivity contribution in [3.8, 4) is 6.07 Å². The minimum atomic E-state index is -0.532. The summed E-state index contributed by atoms with van der Waals surface area (Å²) in [4.78, 5) is 41.9. The molecule has 168 valence electrons. The van der Waals surface area contributed by atoms with E-state index in [1.165, 1.54) is 29.6 Å². The van der Waals surface area contributed by atoms with Crippen LogP contribution in [0.15, 0.2) is 46.2 Å². The Balaban J connectivity index is 1.70. The molecule has 4 rings (SSSR count). The van der Waals surface area contributed by atoms with Crippen LogP contribution in [0.3, 0.4) is 0 Å². The lowest BCUT2D eigenvalue weighted by Gasteiger charge is -2.14. The lowest BCUT2D eigenvalue weighted by atomic mass is 10.2. The molecule has 33 heavy (non-hydrogen) atoms. The van der Waals surface area contributed by atoms with Crippen molar-refractivity contribution in [3.63, 3.8) is 0 Å². The number of hydrogen-bond donors (Lipinski definition) is 1. The number of benzene rings is 1. The largest absolute Gasteiger partial charge is 0.332 e. The summed E-state index contributed by atoms with van der Waals surface area (Å²) in [5, 5.41) is 12.6. The molecule has 10 nitrogen and oxygen atoms in total. The molecule has 0 atom stereocenters. The Kier molecular flexibility index (Phi) is 5.47. The standard InChI is InChI=1S/C23H23N7O3/c1-14-15(2)30(11-16-8-6-5-7-9-16)20(17(14)10-24)26-18(31)12-29-13-25-21-19(29)22(32)28(4)23(33)27(21)3/h5-9,13H,11-12H2,1-4H3,(H,26,31). The Morgan fingerprint density at radius 3 is 2.48 bits per heavy atom. The molecular formula is C23H23N7O3. The molecular weight excluding hydrogens is 422 g/mol. The topological polar surface area (TPSA) is 120 Å². The molecule has 0 aliphatic rings. The van der Waals surface area contributed by atoms with Gasteiger partial charge in [-0.25, -0.2) is 9.78 Å². The van der Waals surface area contributed by atoms with E-state index < -0.39 is 17.2 Å². The van der Waals surface area contributed by atoms with Crippen molar-refractivity contribution in [2.45, 2.75) is 26.9 Å². The second-order valence-electron chi connectivity index (χ2n) is 7.92. The van der Waals surface area contributed by atoms with Crippen LogP contribution >= 0.6 is 0 Å². The zero-order valence-electron chi connectivity index (χ0n) is 18.8. The quantitative estimate of drug-likeness (QED) is 0.498. The van der Waals surface area contributed by atoms with E-state index in [1.54, 1.807) is 0 Å². The summed E-state index contributed by atoms with van der Waals surface area (Å²) >= 11 is 0. The van der Waals surface area contributed by atoms with Crippen LogP contribution in [-0.2, 0) is 32.0 Å². The van der Waals surface area contributed by atoms with Crippen LogP contribution in [-0.4, -0.2) is 29.2 Å². The summed E-state index contributed by atoms with van der Waals surface area (Å²) < 4.78 is 5.54. The lowest BCUT2D eigenvalue weighted by molar-refractivity contribution is -0.116. The first-order valence-electron chi connectivity index (χ1n) is 10.3. The molecule has 1 aromatic carbocycles. The van der Waals surface area contributed by atoms with Crippen molar-refractivity contribution in [3.05, 3.63) is 79.9 Å². The number of aryl methyl sites for hydroxylation is 1. The van der Waals surface area contributed by atoms with Gasteiger partial charge >= 0.3 is 5.69 Å². The van der Waals surface area contributed by atoms with Crippen LogP contribution in [0.5, 0.6) is 0 Å². The number of fused-ring (bicyclic) bond motifs is 1. The minimum absolute atomic E-state index is 0.155. The molecule has 1 amide bonds. The summed E-state index contributed by atoms with van der Waals surface area (Å²) in [6, 6.07) is 11.9. The van der Waals surface area contributed by atoms with E-state index in [-0.39, 0.29) is 17.7 Å². The number of imidazole rings is 1. The second-order valence-corrected chi connectivity index (χ2v) is 7.92. The van der Waals surface area contributed by atoms with Gasteiger partial charge < -0.3 is 14.5 Å². The molecule has 0 aliphatic heterocycles. The monoisotopic (exact) mass is 445 g/mol. The zero-order chi connectivity index (χ0) is 23.9. The number of nitrogens with one attached hydrogen (secondary N) is 1. The molecule has 4 aromatic rings. The SMILES string of the molecule is Cc1c(C#N)c(NC(=O)Cn2cnc3c2c(=O)n(C)c(=O)n3C)n(Cc2ccccc2)c1C. The summed E-state index contributed by atoms with van der Waals surface area (Å²) in [5.41, 5.74) is 2.42. The van der Waals surface area contributed by atoms with E-state index in [9.17, 15) is 19.6 Å². The van der Waals surface area contributed by atoms with Crippen LogP contribution in [0.4, 0.5) is 5.82 Å². The van der Waals surface area contributed by atoms with Crippen molar-refractivity contribution >= 4 is 22.9 Å². The number of anilines is 1. The smallest absolute Gasteiger partial charge is 0.326 e. The van der Waals surface area contributed by atoms with Gasteiger partial charge in [0.05, 0.1) is 11.9 Å². The predicted octanol–water partition coefficient (Wildman–Crippen LogP) is 1.41. The van der Waals surface area contributed by atoms with Crippen molar-refractivity contribution in [1.82, 2.24) is 23.3 Å². The van der Waals surface area contributed by atoms with Gasteiger partial charge in [0.1, 0.15) is 18.4 Å². The normalized spacial score (nSPS) is 11.0. The molecule has 0 bridgehead atoms. The third-order valence-corrected chi connectivity index (χ3v) is 5.91. The van der Waals surface area contributed by atoms with E-state index >= 15 is 0 Å². The lowest BCUT2D eigenvalue weighted by Crippen LogP contribution is -2.37. The summed E-state index contributed by atoms with van der Waals surface area (Å²) in [6.07, 6.45) is 1.36. The zero-order valence-corrected chi connectivity index (χ0v) is 18.8. The highest BCUT2D eigenvalue weighted by atomic mass is 16.2. The maximum Gasteiger partial charge on any atom is 0.332 e. The van der Waals surface area contributed by atoms with Crippen LogP contribution in [0.2, 0.25) is 0 Å². The summed E-state index contributed by atoms with van der Waals surface area (Å²) in [6.45, 7) is 4.03. The van der Waals surface area contributed by atoms with E-state index in [1.807, 2.05) is 48.7 Å². The number of carbonyl (C=O) groups excluding carboxylic acids is 1. The molecule has 0 spiro atoms. The number of rotatable bonds is 5. The van der Waals surface area contributed by atoms with Gasteiger partial charge in [0, 0.05) is 26.3 Å². The number of carbonyl (C=O) groups is 1. The highest BCUT2D eigenvalue weighted by Gasteiger charge is 2.21. The average molecular weight is 445 g/mol. The van der Waals surface area contributed by atoms with Crippen molar-refractivity contribution in [2.24, 2.45) is 14.1 Å². The molecule has 10 heteroatoms. The Labute approximate surface area is 188 Å². The molecule has 0 aliphatic carbocycles. The van der Waals surface area contributed by atoms with Gasteiger partial charge in [-0.3, -0.25) is 18.7 Å². The minimum Gasteiger partial charge on any atom is -0.326 e. The molecule has 1 N–H and O–H groups in total. The molecule has 0 fully saturated rings. The molecule has 0 unspecified atom stereocenters. The van der Waals surface area contributed by atoms with E-state index in [0.717, 1.165) is 21.4 Å². The summed E-state index contributed by atoms with van der Waals surface area (Å²) in [7, 11) is 2.89. The predicted molar refractivity (Wildman–Crippen MR) is 123 cm³/mol. The van der Waals surface area contributed by atoms with Crippen molar-refractivity contribution in [2.75, 3.05) is 5.32 Å². The van der Waals surface area contributed by atoms with Gasteiger partial charge in [-0.1, -0.05) is 30.3 Å². The third kappa shape index (κ3) is 3.63. The fourth-order valence-electron chi connectivity index (χ4n) is 3.94. The van der Waals surface area contributed by atoms with Gasteiger partial charge in [-0.2, -0.15) is 5.26 Å². The van der Waals surface area contributed by atoms with Crippen LogP contribution in [0, 0.1) is 25.2 Å². The first kappa shape index (κ1) is 21.8. The first-order chi connectivity index (χ1) is 15.7. The number of aromatic nitrogens is 5.